The van der Waals surface area contributed by atoms with Gasteiger partial charge < -0.3 is 25.2 Å². The first-order valence-electron chi connectivity index (χ1n) is 12.2. The van der Waals surface area contributed by atoms with Crippen molar-refractivity contribution in [2.24, 2.45) is 5.92 Å². The lowest BCUT2D eigenvalue weighted by molar-refractivity contribution is -0.150. The number of fused-ring (bicyclic) bond motifs is 3. The highest BCUT2D eigenvalue weighted by Gasteiger charge is 2.42. The molecule has 1 saturated carbocycles. The van der Waals surface area contributed by atoms with Gasteiger partial charge in [0.05, 0.1) is 6.10 Å². The second kappa shape index (κ2) is 9.70. The molecule has 0 bridgehead atoms. The third-order valence-corrected chi connectivity index (χ3v) is 7.54. The summed E-state index contributed by atoms with van der Waals surface area (Å²) in [5.41, 5.74) is 4.62. The molecule has 2 aromatic carbocycles. The zero-order valence-corrected chi connectivity index (χ0v) is 19.4. The number of carboxylic acids is 1. The van der Waals surface area contributed by atoms with E-state index in [-0.39, 0.29) is 43.4 Å². The number of likely N-dealkylation sites (tertiary alicyclic amines) is 1. The second-order valence-electron chi connectivity index (χ2n) is 9.76. The fraction of sp³-hybridized carbons (Fsp3) is 0.444. The summed E-state index contributed by atoms with van der Waals surface area (Å²) in [5.74, 6) is -1.76. The maximum Gasteiger partial charge on any atom is 0.407 e. The van der Waals surface area contributed by atoms with Crippen LogP contribution in [-0.2, 0) is 14.3 Å². The highest BCUT2D eigenvalue weighted by molar-refractivity contribution is 5.86. The summed E-state index contributed by atoms with van der Waals surface area (Å²) >= 11 is 0. The number of ether oxygens (including phenoxy) is 1. The number of benzene rings is 2. The Morgan fingerprint density at radius 3 is 2.29 bits per heavy atom. The number of aliphatic hydroxyl groups is 1. The second-order valence-corrected chi connectivity index (χ2v) is 9.76. The molecule has 35 heavy (non-hydrogen) atoms. The number of nitrogens with one attached hydrogen (secondary N) is 1. The standard InChI is InChI=1S/C27H30N2O6/c30-18-13-24(26(32)33)29(14-18)25(31)16-6-5-7-17(12-16)28-27(34)35-15-23-21-10-3-1-8-19(21)20-9-2-4-11-22(20)23/h1-4,8-11,16-18,23-24,30H,5-7,12-15H2,(H,28,34)(H,32,33)/t16-,17+,18?,24?/m1/s1. The first-order valence-corrected chi connectivity index (χ1v) is 12.2. The fourth-order valence-corrected chi connectivity index (χ4v) is 5.88. The van der Waals surface area contributed by atoms with E-state index in [0.29, 0.717) is 12.8 Å². The molecule has 2 fully saturated rings. The van der Waals surface area contributed by atoms with Gasteiger partial charge in [-0.25, -0.2) is 9.59 Å². The molecule has 1 aliphatic heterocycles. The van der Waals surface area contributed by atoms with Gasteiger partial charge in [-0.15, -0.1) is 0 Å². The molecule has 1 heterocycles. The minimum absolute atomic E-state index is 0.0246. The summed E-state index contributed by atoms with van der Waals surface area (Å²) in [4.78, 5) is 38.5. The summed E-state index contributed by atoms with van der Waals surface area (Å²) < 4.78 is 5.64. The maximum absolute atomic E-state index is 13.0. The van der Waals surface area contributed by atoms with Crippen molar-refractivity contribution in [1.82, 2.24) is 10.2 Å². The van der Waals surface area contributed by atoms with Gasteiger partial charge in [-0.05, 0) is 41.5 Å². The van der Waals surface area contributed by atoms with Crippen LogP contribution in [0.1, 0.15) is 49.1 Å². The minimum atomic E-state index is -1.10. The average Bonchev–Trinajstić information content (AvgIpc) is 3.41. The number of amides is 2. The summed E-state index contributed by atoms with van der Waals surface area (Å²) in [6.07, 6.45) is 1.28. The number of hydrogen-bond donors (Lipinski definition) is 3. The number of carbonyl (C=O) groups excluding carboxylic acids is 2. The van der Waals surface area contributed by atoms with E-state index in [4.69, 9.17) is 4.74 Å². The van der Waals surface area contributed by atoms with Crippen molar-refractivity contribution in [3.05, 3.63) is 59.7 Å². The Bertz CT molecular complexity index is 1090. The van der Waals surface area contributed by atoms with Crippen LogP contribution in [0, 0.1) is 5.92 Å². The number of aliphatic carboxylic acids is 1. The number of nitrogens with zero attached hydrogens (tertiary/aromatic N) is 1. The van der Waals surface area contributed by atoms with Crippen LogP contribution in [0.4, 0.5) is 4.79 Å². The van der Waals surface area contributed by atoms with E-state index >= 15 is 0 Å². The molecule has 2 amide bonds. The molecule has 2 unspecified atom stereocenters. The lowest BCUT2D eigenvalue weighted by atomic mass is 9.84. The molecule has 3 N–H and O–H groups in total. The van der Waals surface area contributed by atoms with Gasteiger partial charge in [-0.2, -0.15) is 0 Å². The number of carboxylic acid groups (broad SMARTS) is 1. The molecule has 0 aromatic heterocycles. The molecule has 8 nitrogen and oxygen atoms in total. The van der Waals surface area contributed by atoms with Crippen LogP contribution in [0.5, 0.6) is 0 Å². The first kappa shape index (κ1) is 23.4. The number of alkyl carbamates (subject to hydrolysis) is 1. The average molecular weight is 479 g/mol. The minimum Gasteiger partial charge on any atom is -0.480 e. The monoisotopic (exact) mass is 478 g/mol. The van der Waals surface area contributed by atoms with Crippen molar-refractivity contribution in [2.75, 3.05) is 13.2 Å². The van der Waals surface area contributed by atoms with E-state index in [0.717, 1.165) is 35.1 Å². The van der Waals surface area contributed by atoms with Crippen LogP contribution in [0.25, 0.3) is 11.1 Å². The van der Waals surface area contributed by atoms with Gasteiger partial charge in [-0.1, -0.05) is 55.0 Å². The third-order valence-electron chi connectivity index (χ3n) is 7.54. The summed E-state index contributed by atoms with van der Waals surface area (Å²) in [5, 5.41) is 22.2. The van der Waals surface area contributed by atoms with Gasteiger partial charge in [0.25, 0.3) is 0 Å². The van der Waals surface area contributed by atoms with E-state index in [2.05, 4.69) is 29.6 Å². The Labute approximate surface area is 203 Å². The highest BCUT2D eigenvalue weighted by atomic mass is 16.5. The lowest BCUT2D eigenvalue weighted by Crippen LogP contribution is -2.47. The molecule has 5 rings (SSSR count). The van der Waals surface area contributed by atoms with Crippen LogP contribution < -0.4 is 5.32 Å². The number of hydrogen-bond acceptors (Lipinski definition) is 5. The molecule has 2 aromatic rings. The van der Waals surface area contributed by atoms with Crippen molar-refractivity contribution < 1.29 is 29.3 Å². The Morgan fingerprint density at radius 2 is 1.63 bits per heavy atom. The van der Waals surface area contributed by atoms with Crippen LogP contribution in [0.2, 0.25) is 0 Å². The van der Waals surface area contributed by atoms with Gasteiger partial charge in [0.1, 0.15) is 12.6 Å². The van der Waals surface area contributed by atoms with E-state index in [9.17, 15) is 24.6 Å². The smallest absolute Gasteiger partial charge is 0.407 e. The molecule has 184 valence electrons. The third kappa shape index (κ3) is 4.62. The van der Waals surface area contributed by atoms with Crippen LogP contribution in [0.15, 0.2) is 48.5 Å². The molecule has 0 spiro atoms. The van der Waals surface area contributed by atoms with E-state index < -0.39 is 24.2 Å². The molecular weight excluding hydrogens is 448 g/mol. The van der Waals surface area contributed by atoms with E-state index in [1.165, 1.54) is 4.90 Å². The zero-order valence-electron chi connectivity index (χ0n) is 19.4. The molecule has 4 atom stereocenters. The molecular formula is C27H30N2O6. The molecule has 8 heteroatoms. The number of β-amino-alcohol motifs (C(OH)–C–C–N with tert-alkyl or cyclic N) is 1. The van der Waals surface area contributed by atoms with Gasteiger partial charge >= 0.3 is 12.1 Å². The molecule has 1 saturated heterocycles. The summed E-state index contributed by atoms with van der Waals surface area (Å²) in [6.45, 7) is 0.262. The zero-order chi connectivity index (χ0) is 24.5. The topological polar surface area (TPSA) is 116 Å². The van der Waals surface area contributed by atoms with Gasteiger partial charge in [0, 0.05) is 30.8 Å². The summed E-state index contributed by atoms with van der Waals surface area (Å²) in [7, 11) is 0. The lowest BCUT2D eigenvalue weighted by Gasteiger charge is -2.32. The van der Waals surface area contributed by atoms with Crippen LogP contribution in [-0.4, -0.2) is 64.4 Å². The Balaban J connectivity index is 1.18. The van der Waals surface area contributed by atoms with Crippen molar-refractivity contribution >= 4 is 18.0 Å². The number of aliphatic hydroxyl groups excluding tert-OH is 1. The largest absolute Gasteiger partial charge is 0.480 e. The molecule has 3 aliphatic rings. The van der Waals surface area contributed by atoms with E-state index in [1.807, 2.05) is 24.3 Å². The molecule has 0 radical (unpaired) electrons. The van der Waals surface area contributed by atoms with Crippen LogP contribution in [0.3, 0.4) is 0 Å². The van der Waals surface area contributed by atoms with Crippen molar-refractivity contribution in [1.29, 1.82) is 0 Å². The Morgan fingerprint density at radius 1 is 0.971 bits per heavy atom. The molecule has 2 aliphatic carbocycles. The maximum atomic E-state index is 13.0. The van der Waals surface area contributed by atoms with E-state index in [1.54, 1.807) is 0 Å². The quantitative estimate of drug-likeness (QED) is 0.608. The number of rotatable bonds is 5. The number of carbonyl (C=O) groups is 3. The fourth-order valence-electron chi connectivity index (χ4n) is 5.88. The van der Waals surface area contributed by atoms with Crippen molar-refractivity contribution in [3.8, 4) is 11.1 Å². The van der Waals surface area contributed by atoms with Gasteiger partial charge in [0.2, 0.25) is 5.91 Å². The SMILES string of the molecule is O=C(N[C@H]1CCC[C@@H](C(=O)N2CC(O)CC2C(=O)O)C1)OCC1c2ccccc2-c2ccccc21. The van der Waals surface area contributed by atoms with Gasteiger partial charge in [0.15, 0.2) is 0 Å². The van der Waals surface area contributed by atoms with Gasteiger partial charge in [-0.3, -0.25) is 4.79 Å². The van der Waals surface area contributed by atoms with Crippen molar-refractivity contribution in [2.45, 2.75) is 56.2 Å². The summed E-state index contributed by atoms with van der Waals surface area (Å²) in [6, 6.07) is 15.1. The first-order chi connectivity index (χ1) is 16.9. The predicted octanol–water partition coefficient (Wildman–Crippen LogP) is 3.13. The van der Waals surface area contributed by atoms with Crippen LogP contribution >= 0.6 is 0 Å². The normalized spacial score (nSPS) is 25.6. The van der Waals surface area contributed by atoms with Crippen molar-refractivity contribution in [3.63, 3.8) is 0 Å². The Hall–Kier alpha value is -3.39. The highest BCUT2D eigenvalue weighted by Crippen LogP contribution is 2.44. The predicted molar refractivity (Wildman–Crippen MR) is 128 cm³/mol. The Kier molecular flexibility index (Phi) is 6.47.